The van der Waals surface area contributed by atoms with Crippen molar-refractivity contribution in [1.82, 2.24) is 0 Å². The Balaban J connectivity index is 1.21. The van der Waals surface area contributed by atoms with E-state index in [0.717, 1.165) is 30.4 Å². The average Bonchev–Trinajstić information content (AvgIpc) is 3.50. The van der Waals surface area contributed by atoms with Crippen LogP contribution in [0.15, 0.2) is 78.1 Å². The molecule has 15 nitrogen and oxygen atoms in total. The summed E-state index contributed by atoms with van der Waals surface area (Å²) in [5, 5.41) is 20.4. The summed E-state index contributed by atoms with van der Waals surface area (Å²) in [7, 11) is 0. The summed E-state index contributed by atoms with van der Waals surface area (Å²) < 4.78 is 45.6. The van der Waals surface area contributed by atoms with Crippen LogP contribution in [0.2, 0.25) is 0 Å². The number of aliphatic hydroxyl groups excluding tert-OH is 2. The van der Waals surface area contributed by atoms with Crippen LogP contribution in [0.25, 0.3) is 0 Å². The number of carbonyl (C=O) groups is 5. The van der Waals surface area contributed by atoms with E-state index < -0.39 is 66.8 Å². The van der Waals surface area contributed by atoms with Crippen LogP contribution in [0.1, 0.15) is 90.3 Å². The summed E-state index contributed by atoms with van der Waals surface area (Å²) in [6.07, 6.45) is -1.27. The lowest BCUT2D eigenvalue weighted by Gasteiger charge is -2.28. The lowest BCUT2D eigenvalue weighted by molar-refractivity contribution is -0.165. The number of allylic oxidation sites excluding steroid dienone is 1. The molecule has 1 saturated heterocycles. The van der Waals surface area contributed by atoms with Gasteiger partial charge < -0.3 is 48.1 Å². The van der Waals surface area contributed by atoms with E-state index in [1.165, 1.54) is 26.0 Å². The molecule has 3 aliphatic rings. The van der Waals surface area contributed by atoms with Crippen molar-refractivity contribution in [3.05, 3.63) is 100 Å². The van der Waals surface area contributed by atoms with Gasteiger partial charge in [0, 0.05) is 26.3 Å². The van der Waals surface area contributed by atoms with Crippen LogP contribution in [-0.2, 0) is 44.7 Å². The number of esters is 4. The Morgan fingerprint density at radius 3 is 2.29 bits per heavy atom. The Bertz CT molecular complexity index is 1980. The Kier molecular flexibility index (Phi) is 14.0. The number of fused-ring (bicyclic) bond motifs is 1. The minimum absolute atomic E-state index is 0.00925. The lowest BCUT2D eigenvalue weighted by Crippen LogP contribution is -2.38. The zero-order valence-corrected chi connectivity index (χ0v) is 32.2. The van der Waals surface area contributed by atoms with Gasteiger partial charge in [-0.2, -0.15) is 0 Å². The second-order valence-electron chi connectivity index (χ2n) is 14.1. The van der Waals surface area contributed by atoms with Gasteiger partial charge in [0.15, 0.2) is 11.9 Å². The van der Waals surface area contributed by atoms with E-state index >= 15 is 0 Å². The van der Waals surface area contributed by atoms with Crippen molar-refractivity contribution in [3.8, 4) is 17.2 Å². The molecule has 58 heavy (non-hydrogen) atoms. The molecule has 2 fully saturated rings. The molecule has 5 atom stereocenters. The Morgan fingerprint density at radius 1 is 0.862 bits per heavy atom. The van der Waals surface area contributed by atoms with Gasteiger partial charge in [0.05, 0.1) is 48.9 Å². The molecule has 2 heterocycles. The molecule has 0 bridgehead atoms. The quantitative estimate of drug-likeness (QED) is 0.0963. The largest absolute Gasteiger partial charge is 0.512 e. The van der Waals surface area contributed by atoms with E-state index in [-0.39, 0.29) is 55.3 Å². The normalized spacial score (nSPS) is 20.8. The molecule has 5 unspecified atom stereocenters. The van der Waals surface area contributed by atoms with Gasteiger partial charge in [-0.25, -0.2) is 4.79 Å². The van der Waals surface area contributed by atoms with Crippen LogP contribution in [0.4, 0.5) is 0 Å². The van der Waals surface area contributed by atoms with E-state index in [4.69, 9.17) is 37.9 Å². The van der Waals surface area contributed by atoms with E-state index in [2.05, 4.69) is 0 Å². The minimum atomic E-state index is -1.35. The molecule has 2 N–H and O–H groups in total. The first-order valence-corrected chi connectivity index (χ1v) is 19.1. The smallest absolute Gasteiger partial charge is 0.339 e. The Labute approximate surface area is 334 Å². The third kappa shape index (κ3) is 10.7. The zero-order chi connectivity index (χ0) is 41.2. The van der Waals surface area contributed by atoms with Crippen molar-refractivity contribution in [2.45, 2.75) is 83.6 Å². The maximum absolute atomic E-state index is 13.8. The van der Waals surface area contributed by atoms with Gasteiger partial charge >= 0.3 is 23.9 Å². The molecule has 3 aromatic rings. The average molecular weight is 803 g/mol. The highest BCUT2D eigenvalue weighted by atomic mass is 16.7. The predicted octanol–water partition coefficient (Wildman–Crippen LogP) is 5.66. The fourth-order valence-electron chi connectivity index (χ4n) is 6.74. The minimum Gasteiger partial charge on any atom is -0.512 e. The Morgan fingerprint density at radius 2 is 1.62 bits per heavy atom. The van der Waals surface area contributed by atoms with Gasteiger partial charge in [-0.15, -0.1) is 0 Å². The van der Waals surface area contributed by atoms with E-state index in [1.54, 1.807) is 36.4 Å². The van der Waals surface area contributed by atoms with Gasteiger partial charge in [-0.3, -0.25) is 19.2 Å². The highest BCUT2D eigenvalue weighted by Gasteiger charge is 2.49. The van der Waals surface area contributed by atoms with E-state index in [9.17, 15) is 34.2 Å². The molecule has 6 rings (SSSR count). The molecule has 0 radical (unpaired) electrons. The summed E-state index contributed by atoms with van der Waals surface area (Å²) in [5.41, 5.74) is 2.22. The molecular formula is C43H46O15. The van der Waals surface area contributed by atoms with Gasteiger partial charge in [-0.1, -0.05) is 42.5 Å². The van der Waals surface area contributed by atoms with Crippen LogP contribution >= 0.6 is 0 Å². The number of aliphatic hydroxyl groups is 2. The van der Waals surface area contributed by atoms with Crippen molar-refractivity contribution in [1.29, 1.82) is 0 Å². The standard InChI is InChI=1S/C43H46O15/c1-25(45)53-24-38-33(22-44)41(55-26(2)46)43(58-38)56-31-19-32(42(50)52-18-16-39(49)54-23-27-7-4-3-5-8-27)40-35(48)21-36(57-37(40)20-31)29-11-13-30(14-12-29)51-17-15-34(47)28-9-6-10-28/h3-5,7-8,11-14,19-20,33,36,38,41,43-44,47H,6,9-10,15-18,21-24H2,1-2H3. The Hall–Kier alpha value is -5.93. The van der Waals surface area contributed by atoms with Crippen molar-refractivity contribution >= 4 is 29.7 Å². The van der Waals surface area contributed by atoms with E-state index in [1.807, 2.05) is 18.2 Å². The first kappa shape index (κ1) is 41.7. The summed E-state index contributed by atoms with van der Waals surface area (Å²) in [6.45, 7) is 1.59. The summed E-state index contributed by atoms with van der Waals surface area (Å²) in [6, 6.07) is 18.7. The predicted molar refractivity (Wildman–Crippen MR) is 202 cm³/mol. The number of ketones is 1. The highest BCUT2D eigenvalue weighted by Crippen LogP contribution is 2.41. The third-order valence-electron chi connectivity index (χ3n) is 9.91. The number of hydrogen-bond acceptors (Lipinski definition) is 15. The summed E-state index contributed by atoms with van der Waals surface area (Å²) in [4.78, 5) is 63.5. The highest BCUT2D eigenvalue weighted by molar-refractivity contribution is 6.09. The molecule has 1 aliphatic carbocycles. The molecule has 308 valence electrons. The number of benzene rings is 3. The number of rotatable bonds is 17. The fourth-order valence-corrected chi connectivity index (χ4v) is 6.74. The molecular weight excluding hydrogens is 756 g/mol. The van der Waals surface area contributed by atoms with Crippen LogP contribution in [-0.4, -0.2) is 84.8 Å². The monoisotopic (exact) mass is 802 g/mol. The van der Waals surface area contributed by atoms with Crippen molar-refractivity contribution < 1.29 is 72.1 Å². The van der Waals surface area contributed by atoms with Crippen molar-refractivity contribution in [3.63, 3.8) is 0 Å². The second-order valence-corrected chi connectivity index (χ2v) is 14.1. The number of ether oxygens (including phenoxy) is 8. The maximum atomic E-state index is 13.8. The summed E-state index contributed by atoms with van der Waals surface area (Å²) in [5.74, 6) is -3.22. The second kappa shape index (κ2) is 19.5. The van der Waals surface area contributed by atoms with Gasteiger partial charge in [0.1, 0.15) is 49.3 Å². The van der Waals surface area contributed by atoms with Crippen LogP contribution in [0.3, 0.4) is 0 Å². The number of carbonyl (C=O) groups excluding carboxylic acids is 5. The van der Waals surface area contributed by atoms with Gasteiger partial charge in [-0.05, 0) is 54.2 Å². The van der Waals surface area contributed by atoms with Crippen LogP contribution < -0.4 is 14.2 Å². The summed E-state index contributed by atoms with van der Waals surface area (Å²) >= 11 is 0. The molecule has 15 heteroatoms. The van der Waals surface area contributed by atoms with Gasteiger partial charge in [0.25, 0.3) is 0 Å². The molecule has 0 amide bonds. The number of hydrogen-bond donors (Lipinski definition) is 2. The van der Waals surface area contributed by atoms with Crippen LogP contribution in [0.5, 0.6) is 17.2 Å². The molecule has 2 aliphatic heterocycles. The maximum Gasteiger partial charge on any atom is 0.339 e. The first-order chi connectivity index (χ1) is 28.0. The van der Waals surface area contributed by atoms with Crippen LogP contribution in [0, 0.1) is 5.92 Å². The topological polar surface area (TPSA) is 200 Å². The zero-order valence-electron chi connectivity index (χ0n) is 32.2. The third-order valence-corrected chi connectivity index (χ3v) is 9.91. The first-order valence-electron chi connectivity index (χ1n) is 19.1. The van der Waals surface area contributed by atoms with E-state index in [0.29, 0.717) is 30.1 Å². The van der Waals surface area contributed by atoms with Crippen molar-refractivity contribution in [2.24, 2.45) is 5.92 Å². The molecule has 0 aromatic heterocycles. The molecule has 0 spiro atoms. The SMILES string of the molecule is CC(=O)OCC1OC(Oc2cc3c(c(C(=O)OCCC(=O)OCc4ccccc4)c2)C(=O)CC(c2ccc(OCCC(O)=C4CCC4)cc2)O3)C(OC(C)=O)C1CO. The molecule has 3 aromatic carbocycles. The van der Waals surface area contributed by atoms with Crippen molar-refractivity contribution in [2.75, 3.05) is 26.4 Å². The van der Waals surface area contributed by atoms with Gasteiger partial charge in [0.2, 0.25) is 6.29 Å². The lowest BCUT2D eigenvalue weighted by atomic mass is 9.90. The fraction of sp³-hybridized carbons (Fsp3) is 0.419. The number of Topliss-reactive ketones (excluding diaryl/α,β-unsaturated/α-hetero) is 1. The molecule has 1 saturated carbocycles.